The molecule has 0 saturated carbocycles. The zero-order valence-electron chi connectivity index (χ0n) is 13.5. The van der Waals surface area contributed by atoms with E-state index >= 15 is 0 Å². The summed E-state index contributed by atoms with van der Waals surface area (Å²) in [4.78, 5) is 13.8. The largest absolute Gasteiger partial charge is 0.491 e. The number of rotatable bonds is 6. The first-order valence-corrected chi connectivity index (χ1v) is 8.59. The maximum absolute atomic E-state index is 11.5. The number of amides is 1. The summed E-state index contributed by atoms with van der Waals surface area (Å²) in [6, 6.07) is 9.98. The normalized spacial score (nSPS) is 26.7. The third-order valence-corrected chi connectivity index (χ3v) is 4.85. The highest BCUT2D eigenvalue weighted by atomic mass is 16.5. The highest BCUT2D eigenvalue weighted by Gasteiger charge is 2.35. The van der Waals surface area contributed by atoms with Gasteiger partial charge in [0.05, 0.1) is 0 Å². The minimum Gasteiger partial charge on any atom is -0.491 e. The Hall–Kier alpha value is -1.59. The van der Waals surface area contributed by atoms with Crippen molar-refractivity contribution in [3.05, 3.63) is 30.3 Å². The third kappa shape index (κ3) is 4.45. The van der Waals surface area contributed by atoms with Gasteiger partial charge in [0, 0.05) is 31.5 Å². The molecular formula is C18H26N2O3. The van der Waals surface area contributed by atoms with E-state index in [1.807, 2.05) is 30.3 Å². The molecule has 3 rings (SSSR count). The summed E-state index contributed by atoms with van der Waals surface area (Å²) in [7, 11) is 0. The number of nitrogens with zero attached hydrogens (tertiary/aromatic N) is 1. The number of aliphatic hydroxyl groups is 1. The summed E-state index contributed by atoms with van der Waals surface area (Å²) < 4.78 is 5.64. The molecule has 3 atom stereocenters. The minimum atomic E-state index is -0.513. The van der Waals surface area contributed by atoms with Crippen LogP contribution in [0.4, 0.5) is 0 Å². The topological polar surface area (TPSA) is 61.8 Å². The maximum Gasteiger partial charge on any atom is 0.220 e. The van der Waals surface area contributed by atoms with Crippen molar-refractivity contribution >= 4 is 5.91 Å². The number of hydrogen-bond donors (Lipinski definition) is 2. The molecule has 0 aromatic heterocycles. The van der Waals surface area contributed by atoms with Gasteiger partial charge in [0.1, 0.15) is 18.5 Å². The fraction of sp³-hybridized carbons (Fsp3) is 0.611. The van der Waals surface area contributed by atoms with Crippen LogP contribution in [0.15, 0.2) is 30.3 Å². The molecule has 0 bridgehead atoms. The summed E-state index contributed by atoms with van der Waals surface area (Å²) in [5, 5.41) is 13.3. The Morgan fingerprint density at radius 2 is 2.13 bits per heavy atom. The van der Waals surface area contributed by atoms with Gasteiger partial charge in [-0.05, 0) is 31.5 Å². The Balaban J connectivity index is 1.51. The Kier molecular flexibility index (Phi) is 5.51. The van der Waals surface area contributed by atoms with Crippen molar-refractivity contribution in [3.8, 4) is 5.75 Å². The number of β-amino-alcohol motifs (C(OH)–C–C–N with tert-alkyl or cyclic N) is 1. The number of piperidine rings is 1. The Morgan fingerprint density at radius 3 is 2.87 bits per heavy atom. The van der Waals surface area contributed by atoms with Crippen LogP contribution >= 0.6 is 0 Å². The van der Waals surface area contributed by atoms with Gasteiger partial charge in [-0.25, -0.2) is 0 Å². The maximum atomic E-state index is 11.5. The second-order valence-electron chi connectivity index (χ2n) is 6.60. The molecule has 23 heavy (non-hydrogen) atoms. The monoisotopic (exact) mass is 318 g/mol. The molecule has 2 aliphatic heterocycles. The summed E-state index contributed by atoms with van der Waals surface area (Å²) in [6.45, 7) is 2.69. The molecule has 2 heterocycles. The molecule has 2 fully saturated rings. The van der Waals surface area contributed by atoms with E-state index in [4.69, 9.17) is 4.74 Å². The van der Waals surface area contributed by atoms with Crippen molar-refractivity contribution < 1.29 is 14.6 Å². The second kappa shape index (κ2) is 7.79. The van der Waals surface area contributed by atoms with Crippen molar-refractivity contribution in [3.63, 3.8) is 0 Å². The molecule has 5 nitrogen and oxygen atoms in total. The highest BCUT2D eigenvalue weighted by Crippen LogP contribution is 2.27. The molecule has 0 aliphatic carbocycles. The lowest BCUT2D eigenvalue weighted by Crippen LogP contribution is -2.48. The van der Waals surface area contributed by atoms with Crippen LogP contribution in [0.3, 0.4) is 0 Å². The van der Waals surface area contributed by atoms with Crippen molar-refractivity contribution in [1.82, 2.24) is 10.2 Å². The van der Waals surface area contributed by atoms with Crippen LogP contribution in [0.2, 0.25) is 0 Å². The van der Waals surface area contributed by atoms with Gasteiger partial charge >= 0.3 is 0 Å². The average Bonchev–Trinajstić information content (AvgIpc) is 3.01. The first-order chi connectivity index (χ1) is 11.2. The van der Waals surface area contributed by atoms with Crippen LogP contribution < -0.4 is 10.1 Å². The third-order valence-electron chi connectivity index (χ3n) is 4.85. The van der Waals surface area contributed by atoms with E-state index in [1.165, 1.54) is 6.42 Å². The van der Waals surface area contributed by atoms with E-state index in [2.05, 4.69) is 10.2 Å². The predicted molar refractivity (Wildman–Crippen MR) is 88.3 cm³/mol. The number of hydrogen-bond acceptors (Lipinski definition) is 4. The summed E-state index contributed by atoms with van der Waals surface area (Å²) in [5.74, 6) is 1.32. The van der Waals surface area contributed by atoms with Gasteiger partial charge in [0.2, 0.25) is 5.91 Å². The summed E-state index contributed by atoms with van der Waals surface area (Å²) in [5.41, 5.74) is 0. The van der Waals surface area contributed by atoms with E-state index in [1.54, 1.807) is 0 Å². The van der Waals surface area contributed by atoms with Crippen LogP contribution in [-0.2, 0) is 4.79 Å². The molecule has 2 saturated heterocycles. The zero-order valence-corrected chi connectivity index (χ0v) is 13.5. The quantitative estimate of drug-likeness (QED) is 0.833. The van der Waals surface area contributed by atoms with Gasteiger partial charge in [0.25, 0.3) is 0 Å². The number of ether oxygens (including phenoxy) is 1. The van der Waals surface area contributed by atoms with Gasteiger partial charge in [-0.2, -0.15) is 0 Å². The Morgan fingerprint density at radius 1 is 1.30 bits per heavy atom. The molecule has 0 radical (unpaired) electrons. The fourth-order valence-electron chi connectivity index (χ4n) is 3.71. The molecule has 1 amide bonds. The molecule has 2 N–H and O–H groups in total. The molecule has 2 aliphatic rings. The standard InChI is InChI=1S/C18H26N2O3/c21-15(13-23-16-6-2-1-3-7-16)12-20-9-5-4-8-17(20)14-10-18(22)19-11-14/h1-3,6-7,14-15,17,21H,4-5,8-13H2,(H,19,22). The number of carbonyl (C=O) groups is 1. The van der Waals surface area contributed by atoms with Crippen molar-refractivity contribution in [2.45, 2.75) is 37.8 Å². The summed E-state index contributed by atoms with van der Waals surface area (Å²) >= 11 is 0. The predicted octanol–water partition coefficient (Wildman–Crippen LogP) is 1.42. The number of aliphatic hydroxyl groups excluding tert-OH is 1. The lowest BCUT2D eigenvalue weighted by Gasteiger charge is -2.39. The molecule has 1 aromatic rings. The van der Waals surface area contributed by atoms with Crippen LogP contribution in [0.25, 0.3) is 0 Å². The Bertz CT molecular complexity index is 508. The number of benzene rings is 1. The minimum absolute atomic E-state index is 0.161. The number of carbonyl (C=O) groups excluding carboxylic acids is 1. The van der Waals surface area contributed by atoms with Gasteiger partial charge in [0.15, 0.2) is 0 Å². The second-order valence-corrected chi connectivity index (χ2v) is 6.60. The van der Waals surface area contributed by atoms with Crippen molar-refractivity contribution in [2.75, 3.05) is 26.2 Å². The van der Waals surface area contributed by atoms with E-state index in [-0.39, 0.29) is 5.91 Å². The zero-order chi connectivity index (χ0) is 16.1. The van der Waals surface area contributed by atoms with Gasteiger partial charge in [-0.1, -0.05) is 24.6 Å². The number of para-hydroxylation sites is 1. The number of nitrogens with one attached hydrogen (secondary N) is 1. The van der Waals surface area contributed by atoms with Gasteiger partial charge in [-0.15, -0.1) is 0 Å². The van der Waals surface area contributed by atoms with E-state index in [0.29, 0.717) is 31.5 Å². The lowest BCUT2D eigenvalue weighted by atomic mass is 9.89. The lowest BCUT2D eigenvalue weighted by molar-refractivity contribution is -0.119. The van der Waals surface area contributed by atoms with E-state index in [9.17, 15) is 9.90 Å². The molecule has 0 spiro atoms. The molecule has 3 unspecified atom stereocenters. The molecule has 1 aromatic carbocycles. The Labute approximate surface area is 137 Å². The molecular weight excluding hydrogens is 292 g/mol. The highest BCUT2D eigenvalue weighted by molar-refractivity contribution is 5.78. The van der Waals surface area contributed by atoms with Crippen LogP contribution in [-0.4, -0.2) is 54.3 Å². The molecule has 5 heteroatoms. The first-order valence-electron chi connectivity index (χ1n) is 8.59. The number of likely N-dealkylation sites (tertiary alicyclic amines) is 1. The van der Waals surface area contributed by atoms with Gasteiger partial charge < -0.3 is 15.2 Å². The fourth-order valence-corrected chi connectivity index (χ4v) is 3.71. The van der Waals surface area contributed by atoms with Crippen molar-refractivity contribution in [2.24, 2.45) is 5.92 Å². The van der Waals surface area contributed by atoms with Crippen LogP contribution in [0.1, 0.15) is 25.7 Å². The van der Waals surface area contributed by atoms with Gasteiger partial charge in [-0.3, -0.25) is 9.69 Å². The first kappa shape index (κ1) is 16.3. The van der Waals surface area contributed by atoms with Crippen LogP contribution in [0, 0.1) is 5.92 Å². The van der Waals surface area contributed by atoms with E-state index in [0.717, 1.165) is 31.7 Å². The smallest absolute Gasteiger partial charge is 0.220 e. The van der Waals surface area contributed by atoms with E-state index < -0.39 is 6.10 Å². The molecule has 126 valence electrons. The van der Waals surface area contributed by atoms with Crippen molar-refractivity contribution in [1.29, 1.82) is 0 Å². The van der Waals surface area contributed by atoms with Crippen LogP contribution in [0.5, 0.6) is 5.75 Å². The summed E-state index contributed by atoms with van der Waals surface area (Å²) in [6.07, 6.45) is 3.60. The SMILES string of the molecule is O=C1CC(C2CCCCN2CC(O)COc2ccccc2)CN1. The average molecular weight is 318 g/mol.